The predicted molar refractivity (Wildman–Crippen MR) is 68.2 cm³/mol. The second-order valence-corrected chi connectivity index (χ2v) is 5.19. The van der Waals surface area contributed by atoms with E-state index < -0.39 is 0 Å². The molecule has 0 aromatic heterocycles. The van der Waals surface area contributed by atoms with Crippen molar-refractivity contribution in [3.05, 3.63) is 12.7 Å². The minimum absolute atomic E-state index is 0.455. The van der Waals surface area contributed by atoms with Crippen LogP contribution in [-0.4, -0.2) is 12.1 Å². The van der Waals surface area contributed by atoms with Gasteiger partial charge < -0.3 is 5.32 Å². The van der Waals surface area contributed by atoms with Crippen LogP contribution in [0.15, 0.2) is 12.7 Å². The van der Waals surface area contributed by atoms with E-state index in [1.807, 2.05) is 6.08 Å². The van der Waals surface area contributed by atoms with E-state index in [9.17, 15) is 0 Å². The number of allylic oxidation sites excluding steroid dienone is 1. The molecule has 0 atom stereocenters. The third-order valence-electron chi connectivity index (χ3n) is 3.59. The Morgan fingerprint density at radius 1 is 1.13 bits per heavy atom. The minimum Gasteiger partial charge on any atom is -0.312 e. The molecule has 0 aliphatic heterocycles. The van der Waals surface area contributed by atoms with Crippen LogP contribution in [0, 0.1) is 0 Å². The first-order valence-electron chi connectivity index (χ1n) is 6.63. The van der Waals surface area contributed by atoms with Crippen LogP contribution in [-0.2, 0) is 0 Å². The fraction of sp³-hybridized carbons (Fsp3) is 0.857. The summed E-state index contributed by atoms with van der Waals surface area (Å²) in [5.41, 5.74) is 0.455. The SMILES string of the molecule is C=CCCCCCNC1(C)CCCCC1. The lowest BCUT2D eigenvalue weighted by atomic mass is 9.83. The van der Waals surface area contributed by atoms with Gasteiger partial charge in [-0.3, -0.25) is 0 Å². The zero-order valence-corrected chi connectivity index (χ0v) is 10.4. The van der Waals surface area contributed by atoms with Crippen LogP contribution >= 0.6 is 0 Å². The van der Waals surface area contributed by atoms with E-state index >= 15 is 0 Å². The predicted octanol–water partition coefficient (Wildman–Crippen LogP) is 4.05. The molecule has 1 saturated carbocycles. The van der Waals surface area contributed by atoms with Gasteiger partial charge in [-0.1, -0.05) is 31.8 Å². The lowest BCUT2D eigenvalue weighted by Gasteiger charge is -2.34. The molecule has 1 fully saturated rings. The first-order chi connectivity index (χ1) is 7.27. The molecule has 1 aliphatic carbocycles. The number of nitrogens with one attached hydrogen (secondary N) is 1. The van der Waals surface area contributed by atoms with E-state index in [2.05, 4.69) is 18.8 Å². The molecular formula is C14H27N. The maximum absolute atomic E-state index is 3.75. The van der Waals surface area contributed by atoms with Gasteiger partial charge in [0, 0.05) is 5.54 Å². The molecular weight excluding hydrogens is 182 g/mol. The lowest BCUT2D eigenvalue weighted by molar-refractivity contribution is 0.253. The molecule has 0 heterocycles. The summed E-state index contributed by atoms with van der Waals surface area (Å²) >= 11 is 0. The molecule has 1 aliphatic rings. The molecule has 15 heavy (non-hydrogen) atoms. The highest BCUT2D eigenvalue weighted by molar-refractivity contribution is 4.85. The summed E-state index contributed by atoms with van der Waals surface area (Å²) in [5.74, 6) is 0. The van der Waals surface area contributed by atoms with E-state index in [0.29, 0.717) is 5.54 Å². The van der Waals surface area contributed by atoms with Crippen molar-refractivity contribution >= 4 is 0 Å². The van der Waals surface area contributed by atoms with Crippen molar-refractivity contribution in [1.29, 1.82) is 0 Å². The van der Waals surface area contributed by atoms with Crippen molar-refractivity contribution in [3.63, 3.8) is 0 Å². The van der Waals surface area contributed by atoms with Gasteiger partial charge in [-0.25, -0.2) is 0 Å². The Labute approximate surface area is 95.3 Å². The zero-order chi connectivity index (χ0) is 11.0. The van der Waals surface area contributed by atoms with Crippen molar-refractivity contribution in [2.24, 2.45) is 0 Å². The normalized spacial score (nSPS) is 20.1. The van der Waals surface area contributed by atoms with E-state index in [1.54, 1.807) is 0 Å². The van der Waals surface area contributed by atoms with Gasteiger partial charge in [0.2, 0.25) is 0 Å². The van der Waals surface area contributed by atoms with Crippen LogP contribution in [0.3, 0.4) is 0 Å². The molecule has 0 spiro atoms. The smallest absolute Gasteiger partial charge is 0.0153 e. The average molecular weight is 209 g/mol. The number of rotatable bonds is 7. The number of hydrogen-bond acceptors (Lipinski definition) is 1. The van der Waals surface area contributed by atoms with Gasteiger partial charge >= 0.3 is 0 Å². The van der Waals surface area contributed by atoms with Crippen molar-refractivity contribution in [3.8, 4) is 0 Å². The molecule has 1 heteroatoms. The number of hydrogen-bond donors (Lipinski definition) is 1. The van der Waals surface area contributed by atoms with Crippen molar-refractivity contribution in [2.75, 3.05) is 6.54 Å². The summed E-state index contributed by atoms with van der Waals surface area (Å²) in [4.78, 5) is 0. The Morgan fingerprint density at radius 3 is 2.53 bits per heavy atom. The van der Waals surface area contributed by atoms with Crippen LogP contribution in [0.2, 0.25) is 0 Å². The first-order valence-corrected chi connectivity index (χ1v) is 6.63. The van der Waals surface area contributed by atoms with Crippen LogP contribution in [0.25, 0.3) is 0 Å². The summed E-state index contributed by atoms with van der Waals surface area (Å²) in [6.45, 7) is 7.35. The van der Waals surface area contributed by atoms with E-state index in [4.69, 9.17) is 0 Å². The van der Waals surface area contributed by atoms with Gasteiger partial charge in [0.05, 0.1) is 0 Å². The maximum atomic E-state index is 3.75. The van der Waals surface area contributed by atoms with Crippen LogP contribution in [0.4, 0.5) is 0 Å². The molecule has 0 radical (unpaired) electrons. The Kier molecular flexibility index (Phi) is 6.00. The highest BCUT2D eigenvalue weighted by Gasteiger charge is 2.25. The molecule has 0 bridgehead atoms. The Hall–Kier alpha value is -0.300. The molecule has 0 amide bonds. The van der Waals surface area contributed by atoms with Gasteiger partial charge in [-0.15, -0.1) is 6.58 Å². The van der Waals surface area contributed by atoms with Gasteiger partial charge in [0.25, 0.3) is 0 Å². The topological polar surface area (TPSA) is 12.0 Å². The second-order valence-electron chi connectivity index (χ2n) is 5.19. The summed E-state index contributed by atoms with van der Waals surface area (Å²) in [7, 11) is 0. The third-order valence-corrected chi connectivity index (χ3v) is 3.59. The highest BCUT2D eigenvalue weighted by Crippen LogP contribution is 2.27. The standard InChI is InChI=1S/C14H27N/c1-3-4-5-6-10-13-15-14(2)11-8-7-9-12-14/h3,15H,1,4-13H2,2H3. The third kappa shape index (κ3) is 5.36. The van der Waals surface area contributed by atoms with Gasteiger partial charge in [-0.2, -0.15) is 0 Å². The largest absolute Gasteiger partial charge is 0.312 e. The summed E-state index contributed by atoms with van der Waals surface area (Å²) < 4.78 is 0. The average Bonchev–Trinajstić information content (AvgIpc) is 2.24. The first kappa shape index (κ1) is 12.8. The summed E-state index contributed by atoms with van der Waals surface area (Å²) in [6.07, 6.45) is 14.2. The van der Waals surface area contributed by atoms with Gasteiger partial charge in [0.1, 0.15) is 0 Å². The van der Waals surface area contributed by atoms with Crippen molar-refractivity contribution < 1.29 is 0 Å². The van der Waals surface area contributed by atoms with Crippen LogP contribution < -0.4 is 5.32 Å². The molecule has 88 valence electrons. The zero-order valence-electron chi connectivity index (χ0n) is 10.4. The molecule has 1 rings (SSSR count). The van der Waals surface area contributed by atoms with E-state index in [1.165, 1.54) is 64.3 Å². The summed E-state index contributed by atoms with van der Waals surface area (Å²) in [6, 6.07) is 0. The summed E-state index contributed by atoms with van der Waals surface area (Å²) in [5, 5.41) is 3.75. The second kappa shape index (κ2) is 7.05. The molecule has 1 nitrogen and oxygen atoms in total. The van der Waals surface area contributed by atoms with Crippen molar-refractivity contribution in [1.82, 2.24) is 5.32 Å². The van der Waals surface area contributed by atoms with E-state index in [-0.39, 0.29) is 0 Å². The molecule has 0 saturated heterocycles. The van der Waals surface area contributed by atoms with Gasteiger partial charge in [-0.05, 0) is 45.6 Å². The van der Waals surface area contributed by atoms with Crippen LogP contribution in [0.1, 0.15) is 64.7 Å². The minimum atomic E-state index is 0.455. The monoisotopic (exact) mass is 209 g/mol. The maximum Gasteiger partial charge on any atom is 0.0153 e. The Morgan fingerprint density at radius 2 is 1.87 bits per heavy atom. The molecule has 0 aromatic rings. The quantitative estimate of drug-likeness (QED) is 0.493. The Balaban J connectivity index is 2.00. The number of unbranched alkanes of at least 4 members (excludes halogenated alkanes) is 3. The van der Waals surface area contributed by atoms with E-state index in [0.717, 1.165) is 0 Å². The van der Waals surface area contributed by atoms with Gasteiger partial charge in [0.15, 0.2) is 0 Å². The molecule has 0 unspecified atom stereocenters. The fourth-order valence-corrected chi connectivity index (χ4v) is 2.49. The lowest BCUT2D eigenvalue weighted by Crippen LogP contribution is -2.44. The van der Waals surface area contributed by atoms with Crippen LogP contribution in [0.5, 0.6) is 0 Å². The fourth-order valence-electron chi connectivity index (χ4n) is 2.49. The highest BCUT2D eigenvalue weighted by atomic mass is 15.0. The Bertz CT molecular complexity index is 168. The molecule has 0 aromatic carbocycles. The molecule has 1 N–H and O–H groups in total. The van der Waals surface area contributed by atoms with Crippen molar-refractivity contribution in [2.45, 2.75) is 70.3 Å².